The lowest BCUT2D eigenvalue weighted by Gasteiger charge is -2.17. The maximum absolute atomic E-state index is 8.91. The first-order valence-electron chi connectivity index (χ1n) is 7.73. The van der Waals surface area contributed by atoms with Crippen LogP contribution in [0.15, 0.2) is 36.4 Å². The Morgan fingerprint density at radius 2 is 2.04 bits per heavy atom. The van der Waals surface area contributed by atoms with Crippen LogP contribution in [0.1, 0.15) is 24.1 Å². The number of pyridine rings is 1. The Hall–Kier alpha value is -2.58. The second kappa shape index (κ2) is 7.12. The van der Waals surface area contributed by atoms with Gasteiger partial charge in [-0.15, -0.1) is 0 Å². The zero-order valence-electron chi connectivity index (χ0n) is 13.2. The van der Waals surface area contributed by atoms with Gasteiger partial charge in [0.1, 0.15) is 23.3 Å². The molecule has 0 saturated carbocycles. The highest BCUT2D eigenvalue weighted by atomic mass is 16.5. The maximum Gasteiger partial charge on any atom is 0.220 e. The molecule has 0 N–H and O–H groups in total. The maximum atomic E-state index is 8.91. The molecule has 1 aromatic heterocycles. The number of nitrogens with zero attached hydrogens (tertiary/aromatic N) is 3. The minimum atomic E-state index is 0.341. The van der Waals surface area contributed by atoms with Crippen LogP contribution in [0.5, 0.6) is 17.4 Å². The van der Waals surface area contributed by atoms with Gasteiger partial charge in [0.2, 0.25) is 5.88 Å². The molecular formula is C18H19N3O2. The molecule has 1 aliphatic heterocycles. The molecule has 5 nitrogen and oxygen atoms in total. The summed E-state index contributed by atoms with van der Waals surface area (Å²) in [4.78, 5) is 6.55. The summed E-state index contributed by atoms with van der Waals surface area (Å²) in [5.74, 6) is 1.98. The summed E-state index contributed by atoms with van der Waals surface area (Å²) in [5, 5.41) is 8.91. The third-order valence-electron chi connectivity index (χ3n) is 3.91. The molecule has 0 bridgehead atoms. The highest BCUT2D eigenvalue weighted by Crippen LogP contribution is 2.29. The van der Waals surface area contributed by atoms with E-state index in [1.54, 1.807) is 25.3 Å². The van der Waals surface area contributed by atoms with Gasteiger partial charge in [-0.3, -0.25) is 4.90 Å². The van der Waals surface area contributed by atoms with E-state index in [2.05, 4.69) is 9.88 Å². The van der Waals surface area contributed by atoms with Crippen LogP contribution in [0, 0.1) is 11.3 Å². The Kier molecular flexibility index (Phi) is 4.74. The molecule has 23 heavy (non-hydrogen) atoms. The first-order valence-corrected chi connectivity index (χ1v) is 7.73. The van der Waals surface area contributed by atoms with Crippen LogP contribution in [0.4, 0.5) is 0 Å². The topological polar surface area (TPSA) is 58.4 Å². The largest absolute Gasteiger partial charge is 0.496 e. The normalized spacial score (nSPS) is 14.4. The Bertz CT molecular complexity index is 718. The lowest BCUT2D eigenvalue weighted by Crippen LogP contribution is -2.18. The summed E-state index contributed by atoms with van der Waals surface area (Å²) in [5.41, 5.74) is 1.44. The predicted octanol–water partition coefficient (Wildman–Crippen LogP) is 3.35. The van der Waals surface area contributed by atoms with Crippen molar-refractivity contribution in [3.05, 3.63) is 47.7 Å². The van der Waals surface area contributed by atoms with Crippen molar-refractivity contribution in [3.8, 4) is 23.4 Å². The molecule has 1 saturated heterocycles. The summed E-state index contributed by atoms with van der Waals surface area (Å²) in [6.07, 6.45) is 2.51. The summed E-state index contributed by atoms with van der Waals surface area (Å²) < 4.78 is 11.2. The number of ether oxygens (including phenoxy) is 2. The molecular weight excluding hydrogens is 290 g/mol. The third-order valence-corrected chi connectivity index (χ3v) is 3.91. The number of rotatable bonds is 5. The molecule has 0 aliphatic carbocycles. The van der Waals surface area contributed by atoms with Gasteiger partial charge >= 0.3 is 0 Å². The molecule has 0 unspecified atom stereocenters. The van der Waals surface area contributed by atoms with Crippen molar-refractivity contribution in [2.24, 2.45) is 0 Å². The smallest absolute Gasteiger partial charge is 0.220 e. The van der Waals surface area contributed by atoms with Crippen LogP contribution in [0.2, 0.25) is 0 Å². The summed E-state index contributed by atoms with van der Waals surface area (Å²) >= 11 is 0. The fourth-order valence-corrected chi connectivity index (χ4v) is 2.78. The van der Waals surface area contributed by atoms with E-state index >= 15 is 0 Å². The SMILES string of the molecule is COc1ccc(Oc2cccc(C#N)n2)cc1CN1CCCC1. The average Bonchev–Trinajstić information content (AvgIpc) is 3.08. The second-order valence-corrected chi connectivity index (χ2v) is 5.53. The standard InChI is InChI=1S/C18H19N3O2/c1-22-17-8-7-16(11-14(17)13-21-9-2-3-10-21)23-18-6-4-5-15(12-19)20-18/h4-8,11H,2-3,9-10,13H2,1H3. The predicted molar refractivity (Wildman–Crippen MR) is 86.5 cm³/mol. The number of likely N-dealkylation sites (tertiary alicyclic amines) is 1. The van der Waals surface area contributed by atoms with Gasteiger partial charge in [0.15, 0.2) is 0 Å². The van der Waals surface area contributed by atoms with Crippen molar-refractivity contribution in [2.75, 3.05) is 20.2 Å². The molecule has 118 valence electrons. The van der Waals surface area contributed by atoms with E-state index in [4.69, 9.17) is 14.7 Å². The van der Waals surface area contributed by atoms with Crippen molar-refractivity contribution in [1.29, 1.82) is 5.26 Å². The van der Waals surface area contributed by atoms with Gasteiger partial charge < -0.3 is 9.47 Å². The van der Waals surface area contributed by atoms with Crippen LogP contribution < -0.4 is 9.47 Å². The van der Waals surface area contributed by atoms with Gasteiger partial charge in [-0.05, 0) is 50.2 Å². The number of nitriles is 1. The van der Waals surface area contributed by atoms with E-state index in [1.165, 1.54) is 12.8 Å². The number of aromatic nitrogens is 1. The fraction of sp³-hybridized carbons (Fsp3) is 0.333. The summed E-state index contributed by atoms with van der Waals surface area (Å²) in [6, 6.07) is 12.9. The van der Waals surface area contributed by atoms with Gasteiger partial charge in [0.05, 0.1) is 7.11 Å². The van der Waals surface area contributed by atoms with Gasteiger partial charge in [-0.1, -0.05) is 6.07 Å². The van der Waals surface area contributed by atoms with Crippen LogP contribution in [-0.4, -0.2) is 30.1 Å². The van der Waals surface area contributed by atoms with E-state index in [9.17, 15) is 0 Å². The number of benzene rings is 1. The number of methoxy groups -OCH3 is 1. The van der Waals surface area contributed by atoms with Crippen molar-refractivity contribution in [2.45, 2.75) is 19.4 Å². The van der Waals surface area contributed by atoms with Gasteiger partial charge in [-0.25, -0.2) is 4.98 Å². The Morgan fingerprint density at radius 3 is 2.78 bits per heavy atom. The third kappa shape index (κ3) is 3.79. The molecule has 1 fully saturated rings. The zero-order valence-corrected chi connectivity index (χ0v) is 13.2. The second-order valence-electron chi connectivity index (χ2n) is 5.53. The van der Waals surface area contributed by atoms with Crippen LogP contribution in [-0.2, 0) is 6.54 Å². The molecule has 5 heteroatoms. The van der Waals surface area contributed by atoms with Gasteiger partial charge in [0.25, 0.3) is 0 Å². The fourth-order valence-electron chi connectivity index (χ4n) is 2.78. The van der Waals surface area contributed by atoms with Crippen molar-refractivity contribution in [3.63, 3.8) is 0 Å². The molecule has 0 atom stereocenters. The van der Waals surface area contributed by atoms with Crippen molar-refractivity contribution in [1.82, 2.24) is 9.88 Å². The van der Waals surface area contributed by atoms with Gasteiger partial charge in [0, 0.05) is 18.2 Å². The molecule has 2 aromatic rings. The summed E-state index contributed by atoms with van der Waals surface area (Å²) in [6.45, 7) is 3.10. The molecule has 2 heterocycles. The molecule has 0 spiro atoms. The van der Waals surface area contributed by atoms with Crippen molar-refractivity contribution >= 4 is 0 Å². The molecule has 0 amide bonds. The molecule has 3 rings (SSSR count). The highest BCUT2D eigenvalue weighted by Gasteiger charge is 2.15. The van der Waals surface area contributed by atoms with Crippen LogP contribution in [0.25, 0.3) is 0 Å². The molecule has 1 aliphatic rings. The Morgan fingerprint density at radius 1 is 1.22 bits per heavy atom. The van der Waals surface area contributed by atoms with Crippen LogP contribution >= 0.6 is 0 Å². The molecule has 1 aromatic carbocycles. The lowest BCUT2D eigenvalue weighted by atomic mass is 10.1. The van der Waals surface area contributed by atoms with E-state index in [0.29, 0.717) is 17.3 Å². The zero-order chi connectivity index (χ0) is 16.1. The van der Waals surface area contributed by atoms with Gasteiger partial charge in [-0.2, -0.15) is 5.26 Å². The van der Waals surface area contributed by atoms with E-state index in [0.717, 1.165) is 30.9 Å². The number of hydrogen-bond acceptors (Lipinski definition) is 5. The average molecular weight is 309 g/mol. The Labute approximate surface area is 136 Å². The first-order chi connectivity index (χ1) is 11.3. The number of hydrogen-bond donors (Lipinski definition) is 0. The van der Waals surface area contributed by atoms with Crippen LogP contribution in [0.3, 0.4) is 0 Å². The van der Waals surface area contributed by atoms with E-state index in [-0.39, 0.29) is 0 Å². The van der Waals surface area contributed by atoms with Crippen molar-refractivity contribution < 1.29 is 9.47 Å². The quantitative estimate of drug-likeness (QED) is 0.847. The monoisotopic (exact) mass is 309 g/mol. The Balaban J connectivity index is 1.80. The van der Waals surface area contributed by atoms with E-state index < -0.39 is 0 Å². The molecule has 0 radical (unpaired) electrons. The minimum Gasteiger partial charge on any atom is -0.496 e. The first kappa shape index (κ1) is 15.3. The van der Waals surface area contributed by atoms with E-state index in [1.807, 2.05) is 24.3 Å². The highest BCUT2D eigenvalue weighted by molar-refractivity contribution is 5.41. The lowest BCUT2D eigenvalue weighted by molar-refractivity contribution is 0.320. The summed E-state index contributed by atoms with van der Waals surface area (Å²) in [7, 11) is 1.68. The minimum absolute atomic E-state index is 0.341.